The SMILES string of the molecule is CC1C=Cc2c(n(-c3ccc(C#N)cn3)c3ccc(-c4ccc5c(c4)c4ccncc4n5-c4cccc(-c5ccc(C#N)cc5)c4)cc23)C=C1. The van der Waals surface area contributed by atoms with Crippen molar-refractivity contribution in [2.75, 3.05) is 0 Å². The van der Waals surface area contributed by atoms with Crippen LogP contribution in [0.2, 0.25) is 0 Å². The summed E-state index contributed by atoms with van der Waals surface area (Å²) in [5.74, 6) is 1.09. The van der Waals surface area contributed by atoms with Gasteiger partial charge in [0.1, 0.15) is 11.9 Å². The third-order valence-electron chi connectivity index (χ3n) is 9.63. The number of hydrogen-bond acceptors (Lipinski definition) is 4. The molecule has 4 aromatic heterocycles. The predicted octanol–water partition coefficient (Wildman–Crippen LogP) is 10.3. The van der Waals surface area contributed by atoms with E-state index < -0.39 is 0 Å². The highest BCUT2D eigenvalue weighted by Gasteiger charge is 2.20. The number of fused-ring (bicyclic) bond motifs is 6. The van der Waals surface area contributed by atoms with Crippen LogP contribution in [-0.4, -0.2) is 19.1 Å². The lowest BCUT2D eigenvalue weighted by Gasteiger charge is -2.11. The molecule has 234 valence electrons. The summed E-state index contributed by atoms with van der Waals surface area (Å²) < 4.78 is 4.46. The van der Waals surface area contributed by atoms with Gasteiger partial charge in [-0.15, -0.1) is 0 Å². The van der Waals surface area contributed by atoms with E-state index >= 15 is 0 Å². The van der Waals surface area contributed by atoms with Crippen LogP contribution >= 0.6 is 0 Å². The van der Waals surface area contributed by atoms with Crippen molar-refractivity contribution < 1.29 is 0 Å². The zero-order valence-electron chi connectivity index (χ0n) is 27.1. The van der Waals surface area contributed by atoms with Crippen molar-refractivity contribution >= 4 is 44.9 Å². The number of hydrogen-bond donors (Lipinski definition) is 0. The Bertz CT molecular complexity index is 2780. The Morgan fingerprint density at radius 1 is 0.600 bits per heavy atom. The lowest BCUT2D eigenvalue weighted by molar-refractivity contribution is 0.952. The molecule has 0 spiro atoms. The minimum absolute atomic E-state index is 0.307. The topological polar surface area (TPSA) is 83.2 Å². The molecule has 8 aromatic rings. The predicted molar refractivity (Wildman–Crippen MR) is 201 cm³/mol. The van der Waals surface area contributed by atoms with Gasteiger partial charge in [0.05, 0.1) is 45.6 Å². The molecule has 1 aliphatic rings. The molecule has 0 amide bonds. The Hall–Kier alpha value is -7.02. The van der Waals surface area contributed by atoms with E-state index in [-0.39, 0.29) is 0 Å². The van der Waals surface area contributed by atoms with E-state index in [0.29, 0.717) is 17.0 Å². The zero-order chi connectivity index (χ0) is 33.8. The molecule has 9 rings (SSSR count). The van der Waals surface area contributed by atoms with E-state index in [1.165, 1.54) is 0 Å². The third kappa shape index (κ3) is 4.71. The summed E-state index contributed by atoms with van der Waals surface area (Å²) in [6.07, 6.45) is 14.3. The van der Waals surface area contributed by atoms with Gasteiger partial charge in [0.25, 0.3) is 0 Å². The molecule has 0 N–H and O–H groups in total. The fraction of sp³-hybridized carbons (Fsp3) is 0.0455. The molecule has 4 heterocycles. The van der Waals surface area contributed by atoms with Crippen LogP contribution in [-0.2, 0) is 0 Å². The molecule has 1 aliphatic carbocycles. The summed E-state index contributed by atoms with van der Waals surface area (Å²) in [7, 11) is 0. The average molecular weight is 641 g/mol. The van der Waals surface area contributed by atoms with E-state index in [1.807, 2.05) is 48.8 Å². The van der Waals surface area contributed by atoms with Gasteiger partial charge in [-0.3, -0.25) is 9.55 Å². The molecule has 0 saturated carbocycles. The number of aromatic nitrogens is 4. The number of nitriles is 2. The van der Waals surface area contributed by atoms with E-state index in [2.05, 4.69) is 129 Å². The number of nitrogens with zero attached hydrogens (tertiary/aromatic N) is 6. The van der Waals surface area contributed by atoms with Crippen molar-refractivity contribution in [3.63, 3.8) is 0 Å². The molecular formula is C44H28N6. The molecule has 1 unspecified atom stereocenters. The first-order chi connectivity index (χ1) is 24.6. The van der Waals surface area contributed by atoms with Crippen LogP contribution in [0.3, 0.4) is 0 Å². The smallest absolute Gasteiger partial charge is 0.137 e. The van der Waals surface area contributed by atoms with E-state index in [9.17, 15) is 10.5 Å². The fourth-order valence-electron chi connectivity index (χ4n) is 7.13. The summed E-state index contributed by atoms with van der Waals surface area (Å²) in [5.41, 5.74) is 12.0. The fourth-order valence-corrected chi connectivity index (χ4v) is 7.13. The summed E-state index contributed by atoms with van der Waals surface area (Å²) in [4.78, 5) is 9.18. The number of benzene rings is 4. The molecule has 1 atom stereocenters. The zero-order valence-corrected chi connectivity index (χ0v) is 27.1. The van der Waals surface area contributed by atoms with Crippen molar-refractivity contribution in [2.24, 2.45) is 5.92 Å². The first kappa shape index (κ1) is 29.1. The maximum Gasteiger partial charge on any atom is 0.137 e. The summed E-state index contributed by atoms with van der Waals surface area (Å²) in [5, 5.41) is 22.0. The van der Waals surface area contributed by atoms with Gasteiger partial charge in [0, 0.05) is 39.8 Å². The van der Waals surface area contributed by atoms with Crippen molar-refractivity contribution in [3.05, 3.63) is 156 Å². The van der Waals surface area contributed by atoms with E-state index in [1.54, 1.807) is 6.20 Å². The second-order valence-electron chi connectivity index (χ2n) is 12.7. The van der Waals surface area contributed by atoms with Crippen molar-refractivity contribution in [3.8, 4) is 45.9 Å². The van der Waals surface area contributed by atoms with Crippen LogP contribution in [0.25, 0.3) is 78.6 Å². The lowest BCUT2D eigenvalue weighted by Crippen LogP contribution is -2.00. The quantitative estimate of drug-likeness (QED) is 0.192. The second kappa shape index (κ2) is 11.6. The number of rotatable bonds is 4. The van der Waals surface area contributed by atoms with E-state index in [0.717, 1.165) is 77.7 Å². The molecule has 0 aliphatic heterocycles. The van der Waals surface area contributed by atoms with Gasteiger partial charge in [-0.2, -0.15) is 10.5 Å². The average Bonchev–Trinajstić information content (AvgIpc) is 3.59. The van der Waals surface area contributed by atoms with Gasteiger partial charge in [0.2, 0.25) is 0 Å². The normalized spacial score (nSPS) is 13.7. The first-order valence-electron chi connectivity index (χ1n) is 16.5. The Morgan fingerprint density at radius 3 is 2.06 bits per heavy atom. The Balaban J connectivity index is 1.19. The van der Waals surface area contributed by atoms with Gasteiger partial charge in [0.15, 0.2) is 0 Å². The van der Waals surface area contributed by atoms with Crippen LogP contribution in [0.5, 0.6) is 0 Å². The standard InChI is InChI=1S/C44H28N6/c1-28-5-14-36-38-22-34(13-17-42(38)50(40(36)15-6-28)44-18-9-30(25-46)26-48-44)33-12-16-41-39(23-33)37-19-20-47-27-43(37)49(41)35-4-2-3-32(21-35)31-10-7-29(24-45)8-11-31/h2-23,26-28H,1H3. The number of allylic oxidation sites excluding steroid dienone is 2. The Morgan fingerprint density at radius 2 is 1.30 bits per heavy atom. The second-order valence-corrected chi connectivity index (χ2v) is 12.7. The summed E-state index contributed by atoms with van der Waals surface area (Å²) in [6, 6.07) is 39.7. The molecule has 0 saturated heterocycles. The maximum atomic E-state index is 9.35. The third-order valence-corrected chi connectivity index (χ3v) is 9.63. The minimum Gasteiger partial charge on any atom is -0.308 e. The van der Waals surface area contributed by atoms with Crippen molar-refractivity contribution in [2.45, 2.75) is 6.92 Å². The van der Waals surface area contributed by atoms with Gasteiger partial charge < -0.3 is 4.57 Å². The molecule has 6 heteroatoms. The van der Waals surface area contributed by atoms with Crippen LogP contribution in [0.4, 0.5) is 0 Å². The highest BCUT2D eigenvalue weighted by Crippen LogP contribution is 2.39. The first-order valence-corrected chi connectivity index (χ1v) is 16.5. The summed E-state index contributed by atoms with van der Waals surface area (Å²) in [6.45, 7) is 2.18. The van der Waals surface area contributed by atoms with Crippen LogP contribution in [0, 0.1) is 28.6 Å². The summed E-state index contributed by atoms with van der Waals surface area (Å²) >= 11 is 0. The van der Waals surface area contributed by atoms with Gasteiger partial charge in [-0.05, 0) is 101 Å². The maximum absolute atomic E-state index is 9.35. The molecule has 6 nitrogen and oxygen atoms in total. The van der Waals surface area contributed by atoms with Crippen LogP contribution in [0.1, 0.15) is 29.3 Å². The van der Waals surface area contributed by atoms with Gasteiger partial charge >= 0.3 is 0 Å². The number of pyridine rings is 2. The Labute approximate surface area is 288 Å². The highest BCUT2D eigenvalue weighted by atomic mass is 15.1. The van der Waals surface area contributed by atoms with E-state index in [4.69, 9.17) is 0 Å². The van der Waals surface area contributed by atoms with Gasteiger partial charge in [-0.1, -0.05) is 61.5 Å². The highest BCUT2D eigenvalue weighted by molar-refractivity contribution is 6.10. The lowest BCUT2D eigenvalue weighted by atomic mass is 10.00. The largest absolute Gasteiger partial charge is 0.308 e. The van der Waals surface area contributed by atoms with Gasteiger partial charge in [-0.25, -0.2) is 4.98 Å². The van der Waals surface area contributed by atoms with Crippen molar-refractivity contribution in [1.82, 2.24) is 19.1 Å². The molecule has 0 radical (unpaired) electrons. The minimum atomic E-state index is 0.307. The van der Waals surface area contributed by atoms with Crippen LogP contribution < -0.4 is 0 Å². The molecule has 0 fully saturated rings. The van der Waals surface area contributed by atoms with Crippen LogP contribution in [0.15, 0.2) is 134 Å². The molecule has 50 heavy (non-hydrogen) atoms. The molecular weight excluding hydrogens is 613 g/mol. The molecule has 4 aromatic carbocycles. The molecule has 0 bridgehead atoms. The Kier molecular flexibility index (Phi) is 6.76. The van der Waals surface area contributed by atoms with Crippen molar-refractivity contribution in [1.29, 1.82) is 10.5 Å². The monoisotopic (exact) mass is 640 g/mol.